The van der Waals surface area contributed by atoms with Gasteiger partial charge in [-0.05, 0) is 39.0 Å². The van der Waals surface area contributed by atoms with Gasteiger partial charge in [-0.3, -0.25) is 5.32 Å². The van der Waals surface area contributed by atoms with Crippen LogP contribution < -0.4 is 14.8 Å². The minimum absolute atomic E-state index is 0.0739. The largest absolute Gasteiger partial charge is 0.497 e. The summed E-state index contributed by atoms with van der Waals surface area (Å²) >= 11 is 0. The van der Waals surface area contributed by atoms with E-state index in [1.165, 1.54) is 27.4 Å². The Labute approximate surface area is 141 Å². The summed E-state index contributed by atoms with van der Waals surface area (Å²) in [6, 6.07) is 5.06. The standard InChI is InChI=1S/C17H23NO6/c1-17(2,3)24-16(20)18-13(15(19)23-6)9-11-7-8-12(21-4)10-14(11)22-5/h7-10H,1-6H3,(H,18,20)/b13-9-. The molecular formula is C17H23NO6. The van der Waals surface area contributed by atoms with Crippen LogP contribution in [-0.2, 0) is 14.3 Å². The molecule has 0 radical (unpaired) electrons. The molecule has 0 atom stereocenters. The van der Waals surface area contributed by atoms with Gasteiger partial charge < -0.3 is 18.9 Å². The van der Waals surface area contributed by atoms with E-state index >= 15 is 0 Å². The van der Waals surface area contributed by atoms with Crippen LogP contribution >= 0.6 is 0 Å². The van der Waals surface area contributed by atoms with Gasteiger partial charge in [0.2, 0.25) is 0 Å². The van der Waals surface area contributed by atoms with E-state index in [0.717, 1.165) is 0 Å². The summed E-state index contributed by atoms with van der Waals surface area (Å²) in [6.07, 6.45) is 0.681. The van der Waals surface area contributed by atoms with Crippen molar-refractivity contribution in [2.75, 3.05) is 21.3 Å². The van der Waals surface area contributed by atoms with Gasteiger partial charge in [-0.1, -0.05) is 0 Å². The number of ether oxygens (including phenoxy) is 4. The van der Waals surface area contributed by atoms with Crippen LogP contribution in [0.15, 0.2) is 23.9 Å². The highest BCUT2D eigenvalue weighted by Crippen LogP contribution is 2.26. The molecule has 1 rings (SSSR count). The molecule has 1 N–H and O–H groups in total. The molecule has 0 aliphatic heterocycles. The number of carbonyl (C=O) groups is 2. The predicted molar refractivity (Wildman–Crippen MR) is 88.9 cm³/mol. The van der Waals surface area contributed by atoms with Gasteiger partial charge in [-0.15, -0.1) is 0 Å². The van der Waals surface area contributed by atoms with Crippen molar-refractivity contribution in [2.45, 2.75) is 26.4 Å². The summed E-state index contributed by atoms with van der Waals surface area (Å²) in [7, 11) is 4.25. The molecule has 1 amide bonds. The Morgan fingerprint density at radius 3 is 2.25 bits per heavy atom. The average Bonchev–Trinajstić information content (AvgIpc) is 2.51. The van der Waals surface area contributed by atoms with E-state index in [4.69, 9.17) is 18.9 Å². The normalized spacial score (nSPS) is 11.5. The molecule has 7 heteroatoms. The maximum absolute atomic E-state index is 11.9. The number of rotatable bonds is 5. The first-order valence-electron chi connectivity index (χ1n) is 7.22. The van der Waals surface area contributed by atoms with Crippen molar-refractivity contribution in [2.24, 2.45) is 0 Å². The van der Waals surface area contributed by atoms with Crippen LogP contribution in [0.3, 0.4) is 0 Å². The van der Waals surface area contributed by atoms with E-state index in [-0.39, 0.29) is 5.70 Å². The molecule has 0 aliphatic rings. The Morgan fingerprint density at radius 2 is 1.75 bits per heavy atom. The summed E-state index contributed by atoms with van der Waals surface area (Å²) in [5.74, 6) is 0.365. The van der Waals surface area contributed by atoms with Crippen molar-refractivity contribution >= 4 is 18.1 Å². The van der Waals surface area contributed by atoms with E-state index in [1.54, 1.807) is 39.0 Å². The molecular weight excluding hydrogens is 314 g/mol. The van der Waals surface area contributed by atoms with Crippen LogP contribution in [0.1, 0.15) is 26.3 Å². The van der Waals surface area contributed by atoms with Gasteiger partial charge in [-0.25, -0.2) is 9.59 Å². The van der Waals surface area contributed by atoms with Gasteiger partial charge >= 0.3 is 12.1 Å². The van der Waals surface area contributed by atoms with E-state index < -0.39 is 17.7 Å². The fourth-order valence-corrected chi connectivity index (χ4v) is 1.76. The first-order chi connectivity index (χ1) is 11.2. The molecule has 132 valence electrons. The molecule has 0 bridgehead atoms. The number of alkyl carbamates (subject to hydrolysis) is 1. The number of amides is 1. The molecule has 0 spiro atoms. The lowest BCUT2D eigenvalue weighted by Gasteiger charge is -2.20. The topological polar surface area (TPSA) is 83.1 Å². The Bertz CT molecular complexity index is 630. The summed E-state index contributed by atoms with van der Waals surface area (Å²) < 4.78 is 20.2. The van der Waals surface area contributed by atoms with Gasteiger partial charge in [0, 0.05) is 11.6 Å². The van der Waals surface area contributed by atoms with E-state index in [9.17, 15) is 9.59 Å². The van der Waals surface area contributed by atoms with E-state index in [0.29, 0.717) is 17.1 Å². The maximum atomic E-state index is 11.9. The number of benzene rings is 1. The van der Waals surface area contributed by atoms with Crippen molar-refractivity contribution in [1.29, 1.82) is 0 Å². The Morgan fingerprint density at radius 1 is 1.08 bits per heavy atom. The van der Waals surface area contributed by atoms with Crippen LogP contribution in [0.4, 0.5) is 4.79 Å². The lowest BCUT2D eigenvalue weighted by atomic mass is 10.1. The van der Waals surface area contributed by atoms with Crippen LogP contribution in [0.25, 0.3) is 6.08 Å². The number of methoxy groups -OCH3 is 3. The molecule has 1 aromatic rings. The summed E-state index contributed by atoms with van der Waals surface area (Å²) in [5.41, 5.74) is -0.201. The van der Waals surface area contributed by atoms with Crippen LogP contribution in [0, 0.1) is 0 Å². The monoisotopic (exact) mass is 337 g/mol. The van der Waals surface area contributed by atoms with Gasteiger partial charge in [-0.2, -0.15) is 0 Å². The van der Waals surface area contributed by atoms with Crippen LogP contribution in [0.2, 0.25) is 0 Å². The van der Waals surface area contributed by atoms with E-state index in [1.807, 2.05) is 0 Å². The molecule has 0 aliphatic carbocycles. The lowest BCUT2D eigenvalue weighted by Crippen LogP contribution is -2.34. The van der Waals surface area contributed by atoms with Crippen molar-refractivity contribution in [3.63, 3.8) is 0 Å². The SMILES string of the molecule is COC(=O)/C(=C/c1ccc(OC)cc1OC)NC(=O)OC(C)(C)C. The molecule has 0 saturated heterocycles. The first kappa shape index (κ1) is 19.3. The second-order valence-corrected chi connectivity index (χ2v) is 5.78. The molecule has 7 nitrogen and oxygen atoms in total. The molecule has 0 aromatic heterocycles. The third kappa shape index (κ3) is 5.83. The zero-order valence-electron chi connectivity index (χ0n) is 14.8. The lowest BCUT2D eigenvalue weighted by molar-refractivity contribution is -0.136. The van der Waals surface area contributed by atoms with Crippen molar-refractivity contribution < 1.29 is 28.5 Å². The minimum atomic E-state index is -0.758. The number of esters is 1. The summed E-state index contributed by atoms with van der Waals surface area (Å²) in [6.45, 7) is 5.17. The quantitative estimate of drug-likeness (QED) is 0.657. The van der Waals surface area contributed by atoms with Crippen LogP contribution in [-0.4, -0.2) is 39.0 Å². The molecule has 0 fully saturated rings. The second-order valence-electron chi connectivity index (χ2n) is 5.78. The average molecular weight is 337 g/mol. The van der Waals surface area contributed by atoms with Crippen molar-refractivity contribution in [3.8, 4) is 11.5 Å². The zero-order valence-corrected chi connectivity index (χ0v) is 14.8. The van der Waals surface area contributed by atoms with Gasteiger partial charge in [0.15, 0.2) is 0 Å². The second kappa shape index (κ2) is 8.24. The Balaban J connectivity index is 3.14. The van der Waals surface area contributed by atoms with Gasteiger partial charge in [0.05, 0.1) is 21.3 Å². The zero-order chi connectivity index (χ0) is 18.3. The highest BCUT2D eigenvalue weighted by atomic mass is 16.6. The number of hydrogen-bond donors (Lipinski definition) is 1. The molecule has 24 heavy (non-hydrogen) atoms. The van der Waals surface area contributed by atoms with Gasteiger partial charge in [0.25, 0.3) is 0 Å². The Kier molecular flexibility index (Phi) is 6.64. The van der Waals surface area contributed by atoms with Crippen LogP contribution in [0.5, 0.6) is 11.5 Å². The highest BCUT2D eigenvalue weighted by Gasteiger charge is 2.20. The third-order valence-corrected chi connectivity index (χ3v) is 2.78. The predicted octanol–water partition coefficient (Wildman–Crippen LogP) is 2.74. The molecule has 0 saturated carbocycles. The van der Waals surface area contributed by atoms with Gasteiger partial charge in [0.1, 0.15) is 22.8 Å². The fraction of sp³-hybridized carbons (Fsp3) is 0.412. The maximum Gasteiger partial charge on any atom is 0.412 e. The fourth-order valence-electron chi connectivity index (χ4n) is 1.76. The molecule has 1 aromatic carbocycles. The first-order valence-corrected chi connectivity index (χ1v) is 7.22. The van der Waals surface area contributed by atoms with Crippen molar-refractivity contribution in [1.82, 2.24) is 5.32 Å². The number of nitrogens with one attached hydrogen (secondary N) is 1. The van der Waals surface area contributed by atoms with Crippen molar-refractivity contribution in [3.05, 3.63) is 29.5 Å². The number of hydrogen-bond acceptors (Lipinski definition) is 6. The van der Waals surface area contributed by atoms with E-state index in [2.05, 4.69) is 5.32 Å². The molecule has 0 heterocycles. The highest BCUT2D eigenvalue weighted by molar-refractivity contribution is 5.97. The molecule has 0 unspecified atom stereocenters. The summed E-state index contributed by atoms with van der Waals surface area (Å²) in [5, 5.41) is 2.39. The smallest absolute Gasteiger partial charge is 0.412 e. The summed E-state index contributed by atoms with van der Waals surface area (Å²) in [4.78, 5) is 23.8. The third-order valence-electron chi connectivity index (χ3n) is 2.78. The number of carbonyl (C=O) groups excluding carboxylic acids is 2. The Hall–Kier alpha value is -2.70. The minimum Gasteiger partial charge on any atom is -0.497 e.